The van der Waals surface area contributed by atoms with Gasteiger partial charge in [0, 0.05) is 25.7 Å². The van der Waals surface area contributed by atoms with Crippen LogP contribution in [0, 0.1) is 5.92 Å². The van der Waals surface area contributed by atoms with Gasteiger partial charge in [-0.05, 0) is 26.3 Å². The number of nitrogens with one attached hydrogen (secondary N) is 1. The van der Waals surface area contributed by atoms with Crippen LogP contribution in [0.2, 0.25) is 0 Å². The average molecular weight is 216 g/mol. The minimum atomic E-state index is -0.258. The topological polar surface area (TPSA) is 35.5 Å². The third-order valence-electron chi connectivity index (χ3n) is 2.41. The molecule has 0 radical (unpaired) electrons. The van der Waals surface area contributed by atoms with Crippen LogP contribution in [-0.4, -0.2) is 48.3 Å². The summed E-state index contributed by atoms with van der Waals surface area (Å²) in [6.07, 6.45) is -0.258. The highest BCUT2D eigenvalue weighted by molar-refractivity contribution is 4.70. The summed E-state index contributed by atoms with van der Waals surface area (Å²) in [6, 6.07) is 0.503. The van der Waals surface area contributed by atoms with Crippen molar-refractivity contribution in [2.45, 2.75) is 46.8 Å². The summed E-state index contributed by atoms with van der Waals surface area (Å²) in [5, 5.41) is 13.0. The first kappa shape index (κ1) is 14.9. The van der Waals surface area contributed by atoms with Gasteiger partial charge in [0.1, 0.15) is 0 Å². The maximum Gasteiger partial charge on any atom is 0.0791 e. The second-order valence-electron chi connectivity index (χ2n) is 4.90. The fourth-order valence-corrected chi connectivity index (χ4v) is 1.61. The monoisotopic (exact) mass is 216 g/mol. The molecule has 0 heterocycles. The Morgan fingerprint density at radius 3 is 2.13 bits per heavy atom. The third kappa shape index (κ3) is 7.77. The second kappa shape index (κ2) is 8.08. The van der Waals surface area contributed by atoms with E-state index in [9.17, 15) is 5.11 Å². The van der Waals surface area contributed by atoms with Crippen molar-refractivity contribution in [3.05, 3.63) is 0 Å². The molecule has 0 saturated heterocycles. The van der Waals surface area contributed by atoms with E-state index in [0.717, 1.165) is 19.6 Å². The minimum absolute atomic E-state index is 0.258. The first-order chi connectivity index (χ1) is 6.97. The summed E-state index contributed by atoms with van der Waals surface area (Å²) in [5.41, 5.74) is 0. The summed E-state index contributed by atoms with van der Waals surface area (Å²) in [7, 11) is 0. The maximum atomic E-state index is 9.81. The number of hydrogen-bond acceptors (Lipinski definition) is 3. The molecule has 0 aliphatic heterocycles. The molecule has 0 spiro atoms. The molecule has 0 aliphatic rings. The van der Waals surface area contributed by atoms with Crippen molar-refractivity contribution in [2.24, 2.45) is 5.92 Å². The molecule has 0 aromatic heterocycles. The zero-order valence-electron chi connectivity index (χ0n) is 11.0. The maximum absolute atomic E-state index is 9.81. The van der Waals surface area contributed by atoms with Gasteiger partial charge < -0.3 is 10.4 Å². The van der Waals surface area contributed by atoms with Crippen LogP contribution in [0.25, 0.3) is 0 Å². The Balaban J connectivity index is 3.93. The van der Waals surface area contributed by atoms with Gasteiger partial charge in [-0.25, -0.2) is 0 Å². The molecule has 0 amide bonds. The van der Waals surface area contributed by atoms with Gasteiger partial charge >= 0.3 is 0 Å². The van der Waals surface area contributed by atoms with Crippen molar-refractivity contribution in [3.63, 3.8) is 0 Å². The Kier molecular flexibility index (Phi) is 8.02. The van der Waals surface area contributed by atoms with E-state index in [4.69, 9.17) is 0 Å². The smallest absolute Gasteiger partial charge is 0.0791 e. The largest absolute Gasteiger partial charge is 0.390 e. The van der Waals surface area contributed by atoms with Crippen molar-refractivity contribution < 1.29 is 5.11 Å². The zero-order chi connectivity index (χ0) is 11.8. The molecule has 3 heteroatoms. The lowest BCUT2D eigenvalue weighted by Crippen LogP contribution is -2.43. The number of rotatable bonds is 8. The molecule has 0 saturated carbocycles. The molecule has 0 bridgehead atoms. The quantitative estimate of drug-likeness (QED) is 0.642. The Morgan fingerprint density at radius 1 is 1.13 bits per heavy atom. The third-order valence-corrected chi connectivity index (χ3v) is 2.41. The van der Waals surface area contributed by atoms with Crippen LogP contribution in [0.4, 0.5) is 0 Å². The van der Waals surface area contributed by atoms with Crippen LogP contribution in [-0.2, 0) is 0 Å². The van der Waals surface area contributed by atoms with Gasteiger partial charge in [0.05, 0.1) is 6.10 Å². The van der Waals surface area contributed by atoms with Crippen molar-refractivity contribution in [2.75, 3.05) is 26.2 Å². The zero-order valence-corrected chi connectivity index (χ0v) is 11.0. The minimum Gasteiger partial charge on any atom is -0.390 e. The van der Waals surface area contributed by atoms with E-state index in [1.54, 1.807) is 0 Å². The molecule has 15 heavy (non-hydrogen) atoms. The van der Waals surface area contributed by atoms with Crippen molar-refractivity contribution in [1.82, 2.24) is 10.2 Å². The van der Waals surface area contributed by atoms with Gasteiger partial charge in [-0.1, -0.05) is 20.8 Å². The second-order valence-corrected chi connectivity index (χ2v) is 4.90. The first-order valence-electron chi connectivity index (χ1n) is 6.10. The van der Waals surface area contributed by atoms with Gasteiger partial charge in [-0.3, -0.25) is 4.90 Å². The van der Waals surface area contributed by atoms with Gasteiger partial charge in [-0.15, -0.1) is 0 Å². The lowest BCUT2D eigenvalue weighted by Gasteiger charge is -2.30. The molecule has 0 rings (SSSR count). The van der Waals surface area contributed by atoms with E-state index in [0.29, 0.717) is 18.5 Å². The van der Waals surface area contributed by atoms with E-state index < -0.39 is 0 Å². The van der Waals surface area contributed by atoms with Crippen molar-refractivity contribution >= 4 is 0 Å². The highest BCUT2D eigenvalue weighted by Crippen LogP contribution is 2.05. The molecule has 0 aromatic carbocycles. The Morgan fingerprint density at radius 2 is 1.73 bits per heavy atom. The first-order valence-corrected chi connectivity index (χ1v) is 6.10. The van der Waals surface area contributed by atoms with Crippen LogP contribution in [0.5, 0.6) is 0 Å². The number of hydrogen-bond donors (Lipinski definition) is 2. The number of nitrogens with zero attached hydrogens (tertiary/aromatic N) is 1. The number of likely N-dealkylation sites (N-methyl/N-ethyl adjacent to an activating group) is 1. The van der Waals surface area contributed by atoms with E-state index in [1.165, 1.54) is 0 Å². The highest BCUT2D eigenvalue weighted by atomic mass is 16.3. The molecule has 1 atom stereocenters. The predicted octanol–water partition coefficient (Wildman–Crippen LogP) is 1.32. The lowest BCUT2D eigenvalue weighted by atomic mass is 10.1. The number of aliphatic hydroxyl groups excluding tert-OH is 1. The van der Waals surface area contributed by atoms with Gasteiger partial charge in [-0.2, -0.15) is 0 Å². The highest BCUT2D eigenvalue weighted by Gasteiger charge is 2.15. The summed E-state index contributed by atoms with van der Waals surface area (Å²) in [5.74, 6) is 0.652. The fraction of sp³-hybridized carbons (Fsp3) is 1.00. The molecule has 0 fully saturated rings. The van der Waals surface area contributed by atoms with Crippen LogP contribution in [0.3, 0.4) is 0 Å². The Labute approximate surface area is 94.9 Å². The van der Waals surface area contributed by atoms with E-state index >= 15 is 0 Å². The predicted molar refractivity (Wildman–Crippen MR) is 66.1 cm³/mol. The van der Waals surface area contributed by atoms with Crippen LogP contribution in [0.15, 0.2) is 0 Å². The SMILES string of the molecule is CCNCC(O)CN(CC(C)C)C(C)C. The molecule has 0 aliphatic carbocycles. The molecule has 2 N–H and O–H groups in total. The number of aliphatic hydroxyl groups is 1. The van der Waals surface area contributed by atoms with Gasteiger partial charge in [0.25, 0.3) is 0 Å². The summed E-state index contributed by atoms with van der Waals surface area (Å²) in [6.45, 7) is 14.3. The molecule has 3 nitrogen and oxygen atoms in total. The van der Waals surface area contributed by atoms with Crippen molar-refractivity contribution in [1.29, 1.82) is 0 Å². The summed E-state index contributed by atoms with van der Waals surface area (Å²) < 4.78 is 0. The van der Waals surface area contributed by atoms with Crippen molar-refractivity contribution in [3.8, 4) is 0 Å². The van der Waals surface area contributed by atoms with Gasteiger partial charge in [0.2, 0.25) is 0 Å². The normalized spacial score (nSPS) is 14.2. The standard InChI is InChI=1S/C12H28N2O/c1-6-13-7-12(15)9-14(11(4)5)8-10(2)3/h10-13,15H,6-9H2,1-5H3. The van der Waals surface area contributed by atoms with E-state index in [2.05, 4.69) is 44.8 Å². The fourth-order valence-electron chi connectivity index (χ4n) is 1.61. The molecular weight excluding hydrogens is 188 g/mol. The van der Waals surface area contributed by atoms with Crippen LogP contribution < -0.4 is 5.32 Å². The van der Waals surface area contributed by atoms with Crippen LogP contribution in [0.1, 0.15) is 34.6 Å². The molecule has 1 unspecified atom stereocenters. The Bertz CT molecular complexity index is 149. The van der Waals surface area contributed by atoms with Crippen LogP contribution >= 0.6 is 0 Å². The van der Waals surface area contributed by atoms with Gasteiger partial charge in [0.15, 0.2) is 0 Å². The lowest BCUT2D eigenvalue weighted by molar-refractivity contribution is 0.0875. The Hall–Kier alpha value is -0.120. The van der Waals surface area contributed by atoms with E-state index in [1.807, 2.05) is 0 Å². The van der Waals surface area contributed by atoms with E-state index in [-0.39, 0.29) is 6.10 Å². The average Bonchev–Trinajstić information content (AvgIpc) is 2.12. The molecule has 0 aromatic rings. The summed E-state index contributed by atoms with van der Waals surface area (Å²) in [4.78, 5) is 2.34. The molecule has 92 valence electrons. The summed E-state index contributed by atoms with van der Waals surface area (Å²) >= 11 is 0. The molecular formula is C12H28N2O.